The Morgan fingerprint density at radius 1 is 1.29 bits per heavy atom. The van der Waals surface area contributed by atoms with Gasteiger partial charge in [0.2, 0.25) is 11.8 Å². The van der Waals surface area contributed by atoms with Gasteiger partial charge in [0, 0.05) is 18.4 Å². The van der Waals surface area contributed by atoms with Gasteiger partial charge in [-0.05, 0) is 32.6 Å². The van der Waals surface area contributed by atoms with Gasteiger partial charge in [-0.25, -0.2) is 9.97 Å². The third-order valence-electron chi connectivity index (χ3n) is 4.34. The van der Waals surface area contributed by atoms with E-state index >= 15 is 0 Å². The Morgan fingerprint density at radius 2 is 2.04 bits per heavy atom. The molecule has 1 aliphatic rings. The van der Waals surface area contributed by atoms with Crippen molar-refractivity contribution in [3.63, 3.8) is 0 Å². The predicted molar refractivity (Wildman–Crippen MR) is 90.2 cm³/mol. The molecule has 0 aromatic carbocycles. The van der Waals surface area contributed by atoms with Crippen molar-refractivity contribution in [3.8, 4) is 5.82 Å². The summed E-state index contributed by atoms with van der Waals surface area (Å²) >= 11 is 0. The molecule has 126 valence electrons. The Bertz CT molecular complexity index is 798. The molecule has 0 radical (unpaired) electrons. The molecule has 3 rings (SSSR count). The van der Waals surface area contributed by atoms with E-state index in [-0.39, 0.29) is 17.5 Å². The number of imidazole rings is 1. The summed E-state index contributed by atoms with van der Waals surface area (Å²) in [6, 6.07) is 0.215. The second-order valence-electron chi connectivity index (χ2n) is 6.08. The molecule has 0 bridgehead atoms. The van der Waals surface area contributed by atoms with Crippen molar-refractivity contribution < 1.29 is 4.92 Å². The highest BCUT2D eigenvalue weighted by molar-refractivity contribution is 5.54. The van der Waals surface area contributed by atoms with Gasteiger partial charge in [0.1, 0.15) is 11.5 Å². The molecule has 0 amide bonds. The minimum atomic E-state index is -0.445. The van der Waals surface area contributed by atoms with Crippen LogP contribution in [0.4, 0.5) is 11.6 Å². The van der Waals surface area contributed by atoms with Crippen LogP contribution in [0.3, 0.4) is 0 Å². The van der Waals surface area contributed by atoms with Crippen LogP contribution in [0.15, 0.2) is 24.5 Å². The zero-order valence-electron chi connectivity index (χ0n) is 13.9. The van der Waals surface area contributed by atoms with Crippen LogP contribution in [0.1, 0.15) is 31.3 Å². The average Bonchev–Trinajstić information content (AvgIpc) is 2.94. The van der Waals surface area contributed by atoms with E-state index in [2.05, 4.69) is 39.3 Å². The first-order chi connectivity index (χ1) is 11.5. The van der Waals surface area contributed by atoms with Crippen molar-refractivity contribution in [2.24, 2.45) is 5.92 Å². The molecular weight excluding hydrogens is 308 g/mol. The second kappa shape index (κ2) is 6.38. The molecule has 8 nitrogen and oxygen atoms in total. The van der Waals surface area contributed by atoms with E-state index in [1.807, 2.05) is 0 Å². The number of nitrogens with one attached hydrogen (secondary N) is 1. The smallest absolute Gasteiger partial charge is 0.333 e. The number of nitrogens with zero attached hydrogens (tertiary/aromatic N) is 5. The van der Waals surface area contributed by atoms with Crippen molar-refractivity contribution in [2.45, 2.75) is 39.7 Å². The lowest BCUT2D eigenvalue weighted by atomic mass is 9.91. The van der Waals surface area contributed by atoms with Crippen LogP contribution < -0.4 is 5.32 Å². The fourth-order valence-electron chi connectivity index (χ4n) is 2.92. The summed E-state index contributed by atoms with van der Waals surface area (Å²) < 4.78 is 1.61. The van der Waals surface area contributed by atoms with Crippen molar-refractivity contribution >= 4 is 11.6 Å². The van der Waals surface area contributed by atoms with E-state index in [0.29, 0.717) is 23.4 Å². The van der Waals surface area contributed by atoms with Crippen LogP contribution in [0.25, 0.3) is 5.82 Å². The van der Waals surface area contributed by atoms with Crippen molar-refractivity contribution in [1.29, 1.82) is 0 Å². The molecule has 0 aliphatic heterocycles. The normalized spacial score (nSPS) is 20.1. The number of rotatable bonds is 4. The maximum Gasteiger partial charge on any atom is 0.333 e. The average molecular weight is 328 g/mol. The summed E-state index contributed by atoms with van der Waals surface area (Å²) in [5.41, 5.74) is 0.234. The molecule has 1 N–H and O–H groups in total. The Morgan fingerprint density at radius 3 is 2.67 bits per heavy atom. The zero-order valence-corrected chi connectivity index (χ0v) is 13.9. The van der Waals surface area contributed by atoms with Gasteiger partial charge in [-0.2, -0.15) is 4.98 Å². The fourth-order valence-corrected chi connectivity index (χ4v) is 2.92. The van der Waals surface area contributed by atoms with Gasteiger partial charge >= 0.3 is 5.69 Å². The molecule has 0 fully saturated rings. The molecule has 0 saturated heterocycles. The Hall–Kier alpha value is -2.77. The van der Waals surface area contributed by atoms with E-state index in [0.717, 1.165) is 12.8 Å². The topological polar surface area (TPSA) is 98.8 Å². The number of allylic oxidation sites excluding steroid dienone is 1. The van der Waals surface area contributed by atoms with Crippen molar-refractivity contribution in [2.75, 3.05) is 5.32 Å². The van der Waals surface area contributed by atoms with Crippen LogP contribution in [-0.4, -0.2) is 30.5 Å². The third kappa shape index (κ3) is 2.99. The Labute approximate surface area is 139 Å². The maximum absolute atomic E-state index is 11.5. The second-order valence-corrected chi connectivity index (χ2v) is 6.08. The number of anilines is 1. The minimum Gasteiger partial charge on any atom is -0.351 e. The number of aromatic nitrogens is 4. The molecule has 2 aromatic heterocycles. The van der Waals surface area contributed by atoms with E-state index in [1.165, 1.54) is 0 Å². The fraction of sp³-hybridized carbons (Fsp3) is 0.438. The first-order valence-electron chi connectivity index (χ1n) is 7.92. The number of hydrogen-bond acceptors (Lipinski definition) is 6. The van der Waals surface area contributed by atoms with Crippen LogP contribution >= 0.6 is 0 Å². The van der Waals surface area contributed by atoms with Crippen LogP contribution in [0.5, 0.6) is 0 Å². The summed E-state index contributed by atoms with van der Waals surface area (Å²) in [6.45, 7) is 5.58. The lowest BCUT2D eigenvalue weighted by molar-refractivity contribution is -0.385. The van der Waals surface area contributed by atoms with E-state index in [4.69, 9.17) is 0 Å². The molecule has 0 spiro atoms. The van der Waals surface area contributed by atoms with E-state index < -0.39 is 4.92 Å². The molecule has 24 heavy (non-hydrogen) atoms. The summed E-state index contributed by atoms with van der Waals surface area (Å²) in [5.74, 6) is 1.74. The predicted octanol–water partition coefficient (Wildman–Crippen LogP) is 2.95. The van der Waals surface area contributed by atoms with E-state index in [9.17, 15) is 10.1 Å². The summed E-state index contributed by atoms with van der Waals surface area (Å²) in [4.78, 5) is 23.9. The largest absolute Gasteiger partial charge is 0.351 e. The monoisotopic (exact) mass is 328 g/mol. The standard InChI is InChI=1S/C16H20N6O2/c1-10-6-4-5-7-13(10)19-16-18-11(2)14(22(23)24)15(20-16)21-9-8-17-12(21)3/h4-5,8-10,13H,6-7H2,1-3H3,(H,18,19,20)/t10-,13+/m1/s1. The minimum absolute atomic E-state index is 0.0989. The third-order valence-corrected chi connectivity index (χ3v) is 4.34. The Kier molecular flexibility index (Phi) is 4.28. The van der Waals surface area contributed by atoms with Gasteiger partial charge < -0.3 is 5.32 Å². The van der Waals surface area contributed by atoms with Gasteiger partial charge in [-0.15, -0.1) is 0 Å². The molecule has 2 atom stereocenters. The van der Waals surface area contributed by atoms with Gasteiger partial charge in [0.15, 0.2) is 0 Å². The SMILES string of the molecule is Cc1nc(N[C@H]2CC=CC[C@H]2C)nc(-n2ccnc2C)c1[N+](=O)[O-]. The molecular formula is C16H20N6O2. The van der Waals surface area contributed by atoms with Gasteiger partial charge in [-0.3, -0.25) is 14.7 Å². The van der Waals surface area contributed by atoms with Crippen molar-refractivity contribution in [3.05, 3.63) is 46.2 Å². The highest BCUT2D eigenvalue weighted by Crippen LogP contribution is 2.28. The molecule has 0 unspecified atom stereocenters. The first kappa shape index (κ1) is 16.1. The molecule has 1 aliphatic carbocycles. The van der Waals surface area contributed by atoms with Gasteiger partial charge in [-0.1, -0.05) is 19.1 Å². The van der Waals surface area contributed by atoms with Crippen LogP contribution in [0, 0.1) is 29.9 Å². The first-order valence-corrected chi connectivity index (χ1v) is 7.92. The zero-order chi connectivity index (χ0) is 17.3. The van der Waals surface area contributed by atoms with Gasteiger partial charge in [0.25, 0.3) is 0 Å². The van der Waals surface area contributed by atoms with E-state index in [1.54, 1.807) is 30.8 Å². The Balaban J connectivity index is 2.03. The van der Waals surface area contributed by atoms with Crippen molar-refractivity contribution in [1.82, 2.24) is 19.5 Å². The molecule has 8 heteroatoms. The summed E-state index contributed by atoms with van der Waals surface area (Å²) in [6.07, 6.45) is 9.45. The lowest BCUT2D eigenvalue weighted by Gasteiger charge is -2.26. The van der Waals surface area contributed by atoms with Gasteiger partial charge in [0.05, 0.1) is 4.92 Å². The highest BCUT2D eigenvalue weighted by atomic mass is 16.6. The summed E-state index contributed by atoms with van der Waals surface area (Å²) in [7, 11) is 0. The highest BCUT2D eigenvalue weighted by Gasteiger charge is 2.26. The van der Waals surface area contributed by atoms with Crippen LogP contribution in [-0.2, 0) is 0 Å². The molecule has 2 aromatic rings. The summed E-state index contributed by atoms with van der Waals surface area (Å²) in [5, 5.41) is 14.8. The van der Waals surface area contributed by atoms with Crippen LogP contribution in [0.2, 0.25) is 0 Å². The molecule has 0 saturated carbocycles. The number of aryl methyl sites for hydroxylation is 2. The maximum atomic E-state index is 11.5. The number of nitro groups is 1. The lowest BCUT2D eigenvalue weighted by Crippen LogP contribution is -2.29. The number of hydrogen-bond donors (Lipinski definition) is 1. The molecule has 2 heterocycles. The quantitative estimate of drug-likeness (QED) is 0.526.